The summed E-state index contributed by atoms with van der Waals surface area (Å²) in [6.45, 7) is 1.88. The van der Waals surface area contributed by atoms with Gasteiger partial charge >= 0.3 is 5.97 Å². The lowest BCUT2D eigenvalue weighted by atomic mass is 9.71. The predicted octanol–water partition coefficient (Wildman–Crippen LogP) is 0.903. The van der Waals surface area contributed by atoms with Crippen LogP contribution in [0, 0.1) is 5.92 Å². The van der Waals surface area contributed by atoms with E-state index in [9.17, 15) is 9.90 Å². The second-order valence-corrected chi connectivity index (χ2v) is 4.15. The Labute approximate surface area is 88.1 Å². The SMILES string of the molecule is CC1CCc2ccncc2C1(N)C(=O)O. The second kappa shape index (κ2) is 3.31. The summed E-state index contributed by atoms with van der Waals surface area (Å²) in [6, 6.07) is 1.85. The summed E-state index contributed by atoms with van der Waals surface area (Å²) < 4.78 is 0. The summed E-state index contributed by atoms with van der Waals surface area (Å²) in [6.07, 6.45) is 4.95. The number of carbonyl (C=O) groups is 1. The topological polar surface area (TPSA) is 76.2 Å². The van der Waals surface area contributed by atoms with Gasteiger partial charge in [0.2, 0.25) is 0 Å². The van der Waals surface area contributed by atoms with E-state index in [-0.39, 0.29) is 5.92 Å². The lowest BCUT2D eigenvalue weighted by Crippen LogP contribution is -2.52. The van der Waals surface area contributed by atoms with Crippen LogP contribution in [0.1, 0.15) is 24.5 Å². The lowest BCUT2D eigenvalue weighted by molar-refractivity contribution is -0.146. The maximum atomic E-state index is 11.3. The Morgan fingerprint density at radius 3 is 3.13 bits per heavy atom. The quantitative estimate of drug-likeness (QED) is 0.715. The minimum Gasteiger partial charge on any atom is -0.480 e. The Balaban J connectivity index is 2.60. The third-order valence-electron chi connectivity index (χ3n) is 3.33. The van der Waals surface area contributed by atoms with E-state index in [1.54, 1.807) is 12.4 Å². The molecule has 0 bridgehead atoms. The van der Waals surface area contributed by atoms with E-state index >= 15 is 0 Å². The van der Waals surface area contributed by atoms with Crippen molar-refractivity contribution in [3.05, 3.63) is 29.6 Å². The van der Waals surface area contributed by atoms with E-state index in [4.69, 9.17) is 5.73 Å². The number of fused-ring (bicyclic) bond motifs is 1. The average Bonchev–Trinajstić information content (AvgIpc) is 2.23. The fourth-order valence-electron chi connectivity index (χ4n) is 2.20. The molecule has 4 heteroatoms. The number of hydrogen-bond acceptors (Lipinski definition) is 3. The van der Waals surface area contributed by atoms with Gasteiger partial charge in [0, 0.05) is 18.0 Å². The van der Waals surface area contributed by atoms with Gasteiger partial charge in [-0.25, -0.2) is 4.79 Å². The van der Waals surface area contributed by atoms with Crippen molar-refractivity contribution in [1.29, 1.82) is 0 Å². The zero-order valence-electron chi connectivity index (χ0n) is 8.60. The Kier molecular flexibility index (Phi) is 2.23. The molecule has 1 aromatic heterocycles. The minimum absolute atomic E-state index is 0.0632. The van der Waals surface area contributed by atoms with Gasteiger partial charge in [-0.1, -0.05) is 6.92 Å². The summed E-state index contributed by atoms with van der Waals surface area (Å²) in [4.78, 5) is 15.3. The van der Waals surface area contributed by atoms with E-state index in [0.717, 1.165) is 18.4 Å². The molecule has 1 aliphatic rings. The summed E-state index contributed by atoms with van der Waals surface area (Å²) >= 11 is 0. The van der Waals surface area contributed by atoms with E-state index < -0.39 is 11.5 Å². The summed E-state index contributed by atoms with van der Waals surface area (Å²) in [5.74, 6) is -1.03. The zero-order valence-corrected chi connectivity index (χ0v) is 8.60. The molecular weight excluding hydrogens is 192 g/mol. The van der Waals surface area contributed by atoms with Gasteiger partial charge in [-0.3, -0.25) is 4.98 Å². The second-order valence-electron chi connectivity index (χ2n) is 4.15. The number of nitrogens with zero attached hydrogens (tertiary/aromatic N) is 1. The van der Waals surface area contributed by atoms with Gasteiger partial charge in [0.25, 0.3) is 0 Å². The highest BCUT2D eigenvalue weighted by Gasteiger charge is 2.45. The third kappa shape index (κ3) is 1.33. The summed E-state index contributed by atoms with van der Waals surface area (Å²) in [5.41, 5.74) is 6.41. The monoisotopic (exact) mass is 206 g/mol. The molecule has 0 fully saturated rings. The first-order chi connectivity index (χ1) is 7.06. The smallest absolute Gasteiger partial charge is 0.328 e. The van der Waals surface area contributed by atoms with Crippen LogP contribution in [0.2, 0.25) is 0 Å². The van der Waals surface area contributed by atoms with Crippen molar-refractivity contribution in [2.45, 2.75) is 25.3 Å². The lowest BCUT2D eigenvalue weighted by Gasteiger charge is -2.37. The van der Waals surface area contributed by atoms with Gasteiger partial charge in [-0.15, -0.1) is 0 Å². The molecule has 0 saturated heterocycles. The van der Waals surface area contributed by atoms with Crippen LogP contribution in [0.15, 0.2) is 18.5 Å². The number of carboxylic acid groups (broad SMARTS) is 1. The summed E-state index contributed by atoms with van der Waals surface area (Å²) in [7, 11) is 0. The minimum atomic E-state index is -1.28. The molecule has 0 amide bonds. The van der Waals surface area contributed by atoms with Crippen molar-refractivity contribution in [3.8, 4) is 0 Å². The Hall–Kier alpha value is -1.42. The number of aryl methyl sites for hydroxylation is 1. The first-order valence-corrected chi connectivity index (χ1v) is 5.02. The van der Waals surface area contributed by atoms with E-state index in [1.165, 1.54) is 0 Å². The highest BCUT2D eigenvalue weighted by Crippen LogP contribution is 2.37. The van der Waals surface area contributed by atoms with Crippen molar-refractivity contribution < 1.29 is 9.90 Å². The highest BCUT2D eigenvalue weighted by molar-refractivity contribution is 5.81. The molecule has 3 N–H and O–H groups in total. The number of rotatable bonds is 1. The van der Waals surface area contributed by atoms with Crippen LogP contribution in [0.3, 0.4) is 0 Å². The van der Waals surface area contributed by atoms with Crippen molar-refractivity contribution in [2.24, 2.45) is 11.7 Å². The maximum absolute atomic E-state index is 11.3. The fraction of sp³-hybridized carbons (Fsp3) is 0.455. The van der Waals surface area contributed by atoms with E-state index in [1.807, 2.05) is 13.0 Å². The van der Waals surface area contributed by atoms with Crippen LogP contribution in [0.25, 0.3) is 0 Å². The van der Waals surface area contributed by atoms with Gasteiger partial charge in [0.15, 0.2) is 0 Å². The number of hydrogen-bond donors (Lipinski definition) is 2. The van der Waals surface area contributed by atoms with Crippen molar-refractivity contribution >= 4 is 5.97 Å². The maximum Gasteiger partial charge on any atom is 0.328 e. The Morgan fingerprint density at radius 2 is 2.47 bits per heavy atom. The van der Waals surface area contributed by atoms with E-state index in [0.29, 0.717) is 5.56 Å². The molecule has 0 aliphatic heterocycles. The van der Waals surface area contributed by atoms with Gasteiger partial charge in [-0.2, -0.15) is 0 Å². The standard InChI is InChI=1S/C11H14N2O2/c1-7-2-3-8-4-5-13-6-9(8)11(7,12)10(14)15/h4-7H,2-3,12H2,1H3,(H,14,15). The number of pyridine rings is 1. The molecule has 80 valence electrons. The first-order valence-electron chi connectivity index (χ1n) is 5.02. The fourth-order valence-corrected chi connectivity index (χ4v) is 2.20. The van der Waals surface area contributed by atoms with Gasteiger partial charge in [0.1, 0.15) is 5.54 Å². The van der Waals surface area contributed by atoms with Crippen LogP contribution in [-0.4, -0.2) is 16.1 Å². The molecule has 0 radical (unpaired) electrons. The Bertz CT molecular complexity index is 405. The molecule has 2 unspecified atom stereocenters. The molecule has 2 atom stereocenters. The number of aromatic nitrogens is 1. The first kappa shape index (κ1) is 10.1. The van der Waals surface area contributed by atoms with Gasteiger partial charge in [-0.05, 0) is 30.4 Å². The van der Waals surface area contributed by atoms with Crippen molar-refractivity contribution in [2.75, 3.05) is 0 Å². The zero-order chi connectivity index (χ0) is 11.1. The molecule has 1 aliphatic carbocycles. The molecular formula is C11H14N2O2. The number of carboxylic acids is 1. The van der Waals surface area contributed by atoms with E-state index in [2.05, 4.69) is 4.98 Å². The Morgan fingerprint density at radius 1 is 1.73 bits per heavy atom. The van der Waals surface area contributed by atoms with Crippen LogP contribution in [0.4, 0.5) is 0 Å². The molecule has 15 heavy (non-hydrogen) atoms. The third-order valence-corrected chi connectivity index (χ3v) is 3.33. The molecule has 0 saturated carbocycles. The van der Waals surface area contributed by atoms with Crippen LogP contribution in [0.5, 0.6) is 0 Å². The molecule has 2 rings (SSSR count). The molecule has 0 spiro atoms. The molecule has 1 aromatic rings. The van der Waals surface area contributed by atoms with Gasteiger partial charge in [0.05, 0.1) is 0 Å². The highest BCUT2D eigenvalue weighted by atomic mass is 16.4. The van der Waals surface area contributed by atoms with Crippen LogP contribution in [-0.2, 0) is 16.8 Å². The molecule has 0 aromatic carbocycles. The number of aliphatic carboxylic acids is 1. The summed E-state index contributed by atoms with van der Waals surface area (Å²) in [5, 5.41) is 9.26. The average molecular weight is 206 g/mol. The van der Waals surface area contributed by atoms with Gasteiger partial charge < -0.3 is 10.8 Å². The van der Waals surface area contributed by atoms with Crippen LogP contribution >= 0.6 is 0 Å². The number of nitrogens with two attached hydrogens (primary N) is 1. The van der Waals surface area contributed by atoms with Crippen LogP contribution < -0.4 is 5.73 Å². The van der Waals surface area contributed by atoms with Crippen molar-refractivity contribution in [1.82, 2.24) is 4.98 Å². The van der Waals surface area contributed by atoms with Crippen molar-refractivity contribution in [3.63, 3.8) is 0 Å². The normalized spacial score (nSPS) is 29.6. The molecule has 1 heterocycles. The largest absolute Gasteiger partial charge is 0.480 e. The molecule has 4 nitrogen and oxygen atoms in total. The predicted molar refractivity (Wildman–Crippen MR) is 55.2 cm³/mol.